The van der Waals surface area contributed by atoms with Crippen LogP contribution in [0.25, 0.3) is 16.7 Å². The summed E-state index contributed by atoms with van der Waals surface area (Å²) >= 11 is 0. The van der Waals surface area contributed by atoms with Crippen LogP contribution in [0.3, 0.4) is 0 Å². The predicted octanol–water partition coefficient (Wildman–Crippen LogP) is -0.464. The van der Waals surface area contributed by atoms with E-state index in [0.29, 0.717) is 22.4 Å². The van der Waals surface area contributed by atoms with Crippen LogP contribution in [-0.4, -0.2) is 25.2 Å². The molecule has 4 N–H and O–H groups in total. The van der Waals surface area contributed by atoms with Gasteiger partial charge in [0.15, 0.2) is 17.0 Å². The molecule has 0 aliphatic carbocycles. The van der Waals surface area contributed by atoms with Crippen molar-refractivity contribution in [1.29, 1.82) is 0 Å². The van der Waals surface area contributed by atoms with Crippen molar-refractivity contribution in [2.75, 3.05) is 0 Å². The van der Waals surface area contributed by atoms with Crippen molar-refractivity contribution in [3.63, 3.8) is 0 Å². The smallest absolute Gasteiger partial charge is 0.183 e. The summed E-state index contributed by atoms with van der Waals surface area (Å²) in [6.07, 6.45) is 1.27. The van der Waals surface area contributed by atoms with Crippen LogP contribution in [0.5, 0.6) is 0 Å². The predicted molar refractivity (Wildman–Crippen MR) is 75.2 cm³/mol. The molecule has 3 rings (SSSR count). The number of quaternary nitrogens is 2. The zero-order valence-electron chi connectivity index (χ0n) is 11.5. The topological polar surface area (TPSA) is 126 Å². The zero-order chi connectivity index (χ0) is 15.9. The maximum absolute atomic E-state index is 11.0. The molecule has 0 saturated carbocycles. The molecule has 0 bridgehead atoms. The molecule has 0 fully saturated rings. The Balaban J connectivity index is 2.11. The first kappa shape index (κ1) is 14.5. The zero-order valence-corrected chi connectivity index (χ0v) is 11.5. The van der Waals surface area contributed by atoms with Gasteiger partial charge in [-0.2, -0.15) is 15.6 Å². The minimum absolute atomic E-state index is 0.0939. The molecule has 1 aromatic carbocycles. The molecular weight excluding hydrogens is 290 g/mol. The number of aryl methyl sites for hydroxylation is 1. The highest BCUT2D eigenvalue weighted by atomic mass is 16.8. The summed E-state index contributed by atoms with van der Waals surface area (Å²) in [6, 6.07) is 7.73. The Morgan fingerprint density at radius 1 is 1.05 bits per heavy atom. The first-order valence-electron chi connectivity index (χ1n) is 6.40. The molecule has 0 spiro atoms. The number of aromatic nitrogens is 3. The van der Waals surface area contributed by atoms with Crippen LogP contribution in [0, 0.1) is 17.3 Å². The molecule has 2 heterocycles. The second-order valence-electron chi connectivity index (χ2n) is 4.75. The molecule has 0 amide bonds. The van der Waals surface area contributed by atoms with Crippen LogP contribution >= 0.6 is 0 Å². The molecule has 0 aliphatic heterocycles. The van der Waals surface area contributed by atoms with Crippen molar-refractivity contribution in [1.82, 2.24) is 14.8 Å². The van der Waals surface area contributed by atoms with Gasteiger partial charge in [-0.3, -0.25) is 0 Å². The van der Waals surface area contributed by atoms with Gasteiger partial charge in [0.25, 0.3) is 0 Å². The third kappa shape index (κ3) is 2.44. The summed E-state index contributed by atoms with van der Waals surface area (Å²) in [6.45, 7) is 1.76. The van der Waals surface area contributed by atoms with E-state index in [1.165, 1.54) is 24.4 Å². The monoisotopic (exact) mass is 303 g/mol. The van der Waals surface area contributed by atoms with E-state index in [-0.39, 0.29) is 11.4 Å². The van der Waals surface area contributed by atoms with Gasteiger partial charge >= 0.3 is 0 Å². The number of nitrogens with zero attached hydrogens (tertiary/aromatic N) is 3. The van der Waals surface area contributed by atoms with Gasteiger partial charge in [0.2, 0.25) is 0 Å². The Labute approximate surface area is 124 Å². The van der Waals surface area contributed by atoms with E-state index in [2.05, 4.69) is 10.1 Å². The number of pyridine rings is 1. The lowest BCUT2D eigenvalue weighted by Crippen LogP contribution is -2.99. The number of hydrogen-bond acceptors (Lipinski definition) is 6. The fourth-order valence-corrected chi connectivity index (χ4v) is 2.19. The maximum Gasteiger partial charge on any atom is 0.183 e. The summed E-state index contributed by atoms with van der Waals surface area (Å²) in [5.41, 5.74) is 2.09. The molecule has 0 radical (unpaired) electrons. The van der Waals surface area contributed by atoms with Crippen molar-refractivity contribution in [3.05, 3.63) is 52.6 Å². The molecule has 0 aliphatic rings. The molecule has 9 heteroatoms. The van der Waals surface area contributed by atoms with E-state index in [1.54, 1.807) is 23.7 Å². The minimum atomic E-state index is -1.05. The third-order valence-electron chi connectivity index (χ3n) is 3.31. The van der Waals surface area contributed by atoms with Crippen LogP contribution in [0.15, 0.2) is 36.5 Å². The van der Waals surface area contributed by atoms with E-state index in [9.17, 15) is 10.4 Å². The lowest BCUT2D eigenvalue weighted by Gasteiger charge is -2.12. The highest BCUT2D eigenvalue weighted by molar-refractivity contribution is 5.81. The lowest BCUT2D eigenvalue weighted by atomic mass is 10.2. The fourth-order valence-electron chi connectivity index (χ4n) is 2.19. The van der Waals surface area contributed by atoms with Gasteiger partial charge < -0.3 is 10.4 Å². The molecule has 2 aromatic heterocycles. The van der Waals surface area contributed by atoms with Crippen molar-refractivity contribution in [2.45, 2.75) is 6.92 Å². The second-order valence-corrected chi connectivity index (χ2v) is 4.75. The first-order valence-corrected chi connectivity index (χ1v) is 6.40. The fraction of sp³-hybridized carbons (Fsp3) is 0.0769. The number of fused-ring (bicyclic) bond motifs is 1. The maximum atomic E-state index is 11.0. The van der Waals surface area contributed by atoms with Crippen LogP contribution in [-0.2, 0) is 0 Å². The van der Waals surface area contributed by atoms with Crippen LogP contribution in [0.1, 0.15) is 5.69 Å². The summed E-state index contributed by atoms with van der Waals surface area (Å²) < 4.78 is 1.56. The van der Waals surface area contributed by atoms with Crippen molar-refractivity contribution < 1.29 is 20.9 Å². The molecule has 0 saturated heterocycles. The Morgan fingerprint density at radius 3 is 2.27 bits per heavy atom. The number of hydrogen-bond donors (Lipinski definition) is 4. The minimum Gasteiger partial charge on any atom is -0.595 e. The molecule has 114 valence electrons. The van der Waals surface area contributed by atoms with Gasteiger partial charge in [0.05, 0.1) is 17.6 Å². The average Bonchev–Trinajstić information content (AvgIpc) is 2.84. The Hall–Kier alpha value is -2.40. The normalized spacial score (nSPS) is 14.2. The van der Waals surface area contributed by atoms with Gasteiger partial charge in [-0.25, -0.2) is 20.1 Å². The van der Waals surface area contributed by atoms with Gasteiger partial charge in [0, 0.05) is 23.6 Å². The molecule has 2 unspecified atom stereocenters. The van der Waals surface area contributed by atoms with Gasteiger partial charge in [-0.05, 0) is 19.1 Å². The summed E-state index contributed by atoms with van der Waals surface area (Å²) in [7, 11) is 0. The Morgan fingerprint density at radius 2 is 1.68 bits per heavy atom. The highest BCUT2D eigenvalue weighted by Crippen LogP contribution is 2.22. The molecular formula is C13H13N5O4. The van der Waals surface area contributed by atoms with E-state index in [4.69, 9.17) is 10.4 Å². The number of benzene rings is 1. The Kier molecular flexibility index (Phi) is 3.58. The molecule has 3 aromatic rings. The third-order valence-corrected chi connectivity index (χ3v) is 3.31. The van der Waals surface area contributed by atoms with Crippen LogP contribution < -0.4 is 10.5 Å². The molecule has 22 heavy (non-hydrogen) atoms. The SMILES string of the molecule is Cc1nn(-c2ccc([NH+]([O-])O)cc2)c2ncc([NH+]([O-])O)cc12. The quantitative estimate of drug-likeness (QED) is 0.485. The van der Waals surface area contributed by atoms with Crippen molar-refractivity contribution in [2.24, 2.45) is 0 Å². The number of rotatable bonds is 3. The largest absolute Gasteiger partial charge is 0.595 e. The summed E-state index contributed by atoms with van der Waals surface area (Å²) in [4.78, 5) is 4.16. The van der Waals surface area contributed by atoms with Gasteiger partial charge in [0.1, 0.15) is 0 Å². The van der Waals surface area contributed by atoms with E-state index in [0.717, 1.165) is 0 Å². The van der Waals surface area contributed by atoms with Gasteiger partial charge in [-0.1, -0.05) is 0 Å². The van der Waals surface area contributed by atoms with Crippen LogP contribution in [0.4, 0.5) is 11.4 Å². The highest BCUT2D eigenvalue weighted by Gasteiger charge is 2.13. The van der Waals surface area contributed by atoms with E-state index in [1.807, 2.05) is 0 Å². The molecule has 2 atom stereocenters. The molecule has 9 nitrogen and oxygen atoms in total. The van der Waals surface area contributed by atoms with Gasteiger partial charge in [-0.15, -0.1) is 0 Å². The second kappa shape index (κ2) is 5.42. The van der Waals surface area contributed by atoms with Crippen LogP contribution in [0.2, 0.25) is 0 Å². The van der Waals surface area contributed by atoms with Crippen molar-refractivity contribution in [3.8, 4) is 5.69 Å². The lowest BCUT2D eigenvalue weighted by molar-refractivity contribution is -0.991. The first-order chi connectivity index (χ1) is 10.5. The Bertz CT molecular complexity index is 813. The summed E-state index contributed by atoms with van der Waals surface area (Å²) in [5.74, 6) is 0. The number of nitrogens with one attached hydrogen (secondary N) is 2. The average molecular weight is 303 g/mol. The van der Waals surface area contributed by atoms with E-state index >= 15 is 0 Å². The summed E-state index contributed by atoms with van der Waals surface area (Å²) in [5, 5.41) is 42.8. The van der Waals surface area contributed by atoms with Crippen molar-refractivity contribution >= 4 is 22.4 Å². The standard InChI is InChI=1S/C13H13N5O4/c1-8-12-6-11(18(21)22)7-14-13(12)16(15-8)9-2-4-10(5-3-9)17(19)20/h2-7,17-19,21H,1H3. The van der Waals surface area contributed by atoms with E-state index < -0.39 is 10.5 Å².